The number of hydrogen-bond acceptors (Lipinski definition) is 1. The molecule has 0 amide bonds. The van der Waals surface area contributed by atoms with Crippen molar-refractivity contribution in [3.8, 4) is 50.2 Å². The monoisotopic (exact) mass is 928 g/mol. The quantitative estimate of drug-likeness (QED) is 0.140. The second kappa shape index (κ2) is 17.7. The third-order valence-electron chi connectivity index (χ3n) is 15.1. The van der Waals surface area contributed by atoms with Gasteiger partial charge in [0, 0.05) is 39.6 Å². The summed E-state index contributed by atoms with van der Waals surface area (Å²) in [4.78, 5) is 2.54. The van der Waals surface area contributed by atoms with Gasteiger partial charge in [-0.2, -0.15) is 0 Å². The number of benzene rings is 13. The van der Waals surface area contributed by atoms with Gasteiger partial charge in [0.1, 0.15) is 0 Å². The standard InChI is InChI=1S/C71H48N2/c1-2-19-50(20-3-1)62-40-38-55(46-70(62)73-68-35-15-14-33-66(68)71-63-30-11-7-22-51(63)39-42-69(71)73)58-28-9-8-24-56(58)47-72(57-27-16-26-53(45-57)60-34-17-25-49-21-6-10-29-59(49)60)67-43-41-61(64-31-12-13-32-65(64)67)54-37-36-48-18-4-5-23-52(48)44-54/h1-46H,47H2. The highest BCUT2D eigenvalue weighted by Gasteiger charge is 2.22. The van der Waals surface area contributed by atoms with E-state index in [0.29, 0.717) is 6.54 Å². The van der Waals surface area contributed by atoms with E-state index < -0.39 is 0 Å². The van der Waals surface area contributed by atoms with Crippen molar-refractivity contribution in [2.75, 3.05) is 4.90 Å². The molecule has 2 nitrogen and oxygen atoms in total. The molecule has 342 valence electrons. The maximum atomic E-state index is 2.54. The molecule has 0 radical (unpaired) electrons. The molecule has 0 saturated heterocycles. The van der Waals surface area contributed by atoms with Gasteiger partial charge in [-0.25, -0.2) is 0 Å². The first-order chi connectivity index (χ1) is 36.2. The molecule has 0 atom stereocenters. The van der Waals surface area contributed by atoms with Crippen molar-refractivity contribution in [2.45, 2.75) is 6.54 Å². The fourth-order valence-corrected chi connectivity index (χ4v) is 11.6. The van der Waals surface area contributed by atoms with Crippen LogP contribution in [0.15, 0.2) is 279 Å². The van der Waals surface area contributed by atoms with Gasteiger partial charge in [0.15, 0.2) is 0 Å². The molecule has 2 heteroatoms. The first kappa shape index (κ1) is 42.4. The summed E-state index contributed by atoms with van der Waals surface area (Å²) in [7, 11) is 0. The van der Waals surface area contributed by atoms with Crippen molar-refractivity contribution in [1.82, 2.24) is 4.57 Å². The van der Waals surface area contributed by atoms with Gasteiger partial charge in [0.25, 0.3) is 0 Å². The van der Waals surface area contributed by atoms with Crippen molar-refractivity contribution in [3.05, 3.63) is 285 Å². The maximum absolute atomic E-state index is 2.54. The highest BCUT2D eigenvalue weighted by atomic mass is 15.1. The van der Waals surface area contributed by atoms with Crippen molar-refractivity contribution < 1.29 is 0 Å². The molecule has 1 aromatic heterocycles. The Morgan fingerprint density at radius 1 is 0.288 bits per heavy atom. The Hall–Kier alpha value is -9.50. The molecule has 13 aromatic carbocycles. The number of fused-ring (bicyclic) bond motifs is 8. The topological polar surface area (TPSA) is 8.17 Å². The van der Waals surface area contributed by atoms with Gasteiger partial charge in [0.2, 0.25) is 0 Å². The van der Waals surface area contributed by atoms with Crippen LogP contribution in [-0.4, -0.2) is 4.57 Å². The van der Waals surface area contributed by atoms with Gasteiger partial charge in [-0.1, -0.05) is 237 Å². The van der Waals surface area contributed by atoms with Crippen LogP contribution in [0.1, 0.15) is 5.56 Å². The minimum Gasteiger partial charge on any atom is -0.336 e. The number of rotatable bonds is 9. The number of aromatic nitrogens is 1. The zero-order valence-corrected chi connectivity index (χ0v) is 40.2. The molecule has 1 heterocycles. The summed E-state index contributed by atoms with van der Waals surface area (Å²) in [6.07, 6.45) is 0. The van der Waals surface area contributed by atoms with E-state index in [2.05, 4.69) is 289 Å². The van der Waals surface area contributed by atoms with Crippen molar-refractivity contribution in [2.24, 2.45) is 0 Å². The Morgan fingerprint density at radius 2 is 0.849 bits per heavy atom. The van der Waals surface area contributed by atoms with E-state index in [-0.39, 0.29) is 0 Å². The van der Waals surface area contributed by atoms with Gasteiger partial charge in [-0.05, 0) is 125 Å². The molecule has 0 aliphatic heterocycles. The second-order valence-corrected chi connectivity index (χ2v) is 19.2. The van der Waals surface area contributed by atoms with Crippen molar-refractivity contribution in [3.63, 3.8) is 0 Å². The molecule has 0 aliphatic carbocycles. The predicted octanol–water partition coefficient (Wildman–Crippen LogP) is 19.4. The molecule has 0 unspecified atom stereocenters. The number of hydrogen-bond donors (Lipinski definition) is 0. The number of anilines is 2. The smallest absolute Gasteiger partial charge is 0.0547 e. The van der Waals surface area contributed by atoms with E-state index in [1.807, 2.05) is 0 Å². The molecular weight excluding hydrogens is 881 g/mol. The van der Waals surface area contributed by atoms with Crippen LogP contribution in [0.5, 0.6) is 0 Å². The van der Waals surface area contributed by atoms with Gasteiger partial charge in [-0.15, -0.1) is 0 Å². The summed E-state index contributed by atoms with van der Waals surface area (Å²) in [5.74, 6) is 0. The van der Waals surface area contributed by atoms with Crippen molar-refractivity contribution in [1.29, 1.82) is 0 Å². The SMILES string of the molecule is c1ccc(-c2ccc(-c3ccccc3CN(c3cccc(-c4cccc5ccccc45)c3)c3ccc(-c4ccc5ccccc5c4)c4ccccc34)cc2-n2c3ccccc3c3c4ccccc4ccc32)cc1. The molecule has 0 aliphatic rings. The summed E-state index contributed by atoms with van der Waals surface area (Å²) in [6, 6.07) is 103. The van der Waals surface area contributed by atoms with Crippen LogP contribution >= 0.6 is 0 Å². The lowest BCUT2D eigenvalue weighted by Gasteiger charge is -2.29. The summed E-state index contributed by atoms with van der Waals surface area (Å²) in [5, 5.41) is 12.4. The van der Waals surface area contributed by atoms with Gasteiger partial charge in [0.05, 0.1) is 16.7 Å². The Kier molecular flexibility index (Phi) is 10.3. The minimum absolute atomic E-state index is 0.631. The summed E-state index contributed by atoms with van der Waals surface area (Å²) in [5.41, 5.74) is 16.6. The molecule has 0 fully saturated rings. The summed E-state index contributed by atoms with van der Waals surface area (Å²) >= 11 is 0. The lowest BCUT2D eigenvalue weighted by atomic mass is 9.93. The minimum atomic E-state index is 0.631. The van der Waals surface area contributed by atoms with Crippen LogP contribution in [0.4, 0.5) is 11.4 Å². The average Bonchev–Trinajstić information content (AvgIpc) is 3.81. The van der Waals surface area contributed by atoms with E-state index >= 15 is 0 Å². The van der Waals surface area contributed by atoms with Crippen LogP contribution in [0, 0.1) is 0 Å². The maximum Gasteiger partial charge on any atom is 0.0547 e. The van der Waals surface area contributed by atoms with E-state index in [1.165, 1.54) is 109 Å². The molecule has 0 spiro atoms. The Morgan fingerprint density at radius 3 is 1.71 bits per heavy atom. The van der Waals surface area contributed by atoms with Gasteiger partial charge in [-0.3, -0.25) is 0 Å². The van der Waals surface area contributed by atoms with E-state index in [1.54, 1.807) is 0 Å². The lowest BCUT2D eigenvalue weighted by Crippen LogP contribution is -2.17. The molecule has 0 saturated carbocycles. The van der Waals surface area contributed by atoms with E-state index in [0.717, 1.165) is 22.6 Å². The number of nitrogens with zero attached hydrogens (tertiary/aromatic N) is 2. The molecular formula is C71H48N2. The first-order valence-electron chi connectivity index (χ1n) is 25.3. The molecule has 0 bridgehead atoms. The van der Waals surface area contributed by atoms with Gasteiger partial charge >= 0.3 is 0 Å². The highest BCUT2D eigenvalue weighted by Crippen LogP contribution is 2.44. The fourth-order valence-electron chi connectivity index (χ4n) is 11.6. The Bertz CT molecular complexity index is 4420. The Balaban J connectivity index is 0.963. The third-order valence-corrected chi connectivity index (χ3v) is 15.1. The van der Waals surface area contributed by atoms with Crippen molar-refractivity contribution >= 4 is 76.3 Å². The average molecular weight is 929 g/mol. The molecule has 73 heavy (non-hydrogen) atoms. The summed E-state index contributed by atoms with van der Waals surface area (Å²) < 4.78 is 2.50. The zero-order valence-electron chi connectivity index (χ0n) is 40.2. The largest absolute Gasteiger partial charge is 0.336 e. The number of para-hydroxylation sites is 1. The molecule has 14 rings (SSSR count). The first-order valence-corrected chi connectivity index (χ1v) is 25.3. The highest BCUT2D eigenvalue weighted by molar-refractivity contribution is 6.21. The lowest BCUT2D eigenvalue weighted by molar-refractivity contribution is 0.982. The van der Waals surface area contributed by atoms with Crippen LogP contribution in [0.25, 0.3) is 115 Å². The zero-order chi connectivity index (χ0) is 48.2. The van der Waals surface area contributed by atoms with Crippen LogP contribution in [0.2, 0.25) is 0 Å². The molecule has 0 N–H and O–H groups in total. The second-order valence-electron chi connectivity index (χ2n) is 19.2. The normalized spacial score (nSPS) is 11.6. The summed E-state index contributed by atoms with van der Waals surface area (Å²) in [6.45, 7) is 0.631. The van der Waals surface area contributed by atoms with E-state index in [4.69, 9.17) is 0 Å². The van der Waals surface area contributed by atoms with Crippen LogP contribution in [-0.2, 0) is 6.54 Å². The van der Waals surface area contributed by atoms with E-state index in [9.17, 15) is 0 Å². The molecule has 14 aromatic rings. The van der Waals surface area contributed by atoms with Crippen LogP contribution < -0.4 is 4.90 Å². The Labute approximate surface area is 424 Å². The van der Waals surface area contributed by atoms with Gasteiger partial charge < -0.3 is 9.47 Å². The third kappa shape index (κ3) is 7.34. The van der Waals surface area contributed by atoms with Crippen LogP contribution in [0.3, 0.4) is 0 Å². The predicted molar refractivity (Wildman–Crippen MR) is 311 cm³/mol. The fraction of sp³-hybridized carbons (Fsp3) is 0.0141.